The van der Waals surface area contributed by atoms with E-state index in [1.54, 1.807) is 4.90 Å². The second-order valence-corrected chi connectivity index (χ2v) is 9.06. The molecule has 0 bridgehead atoms. The summed E-state index contributed by atoms with van der Waals surface area (Å²) in [5.41, 5.74) is 3.63. The first kappa shape index (κ1) is 20.5. The molecule has 2 atom stereocenters. The first-order valence-electron chi connectivity index (χ1n) is 10.2. The summed E-state index contributed by atoms with van der Waals surface area (Å²) in [6.45, 7) is 4.85. The van der Waals surface area contributed by atoms with Crippen molar-refractivity contribution >= 4 is 40.9 Å². The number of likely N-dealkylation sites (tertiary alicyclic amines) is 1. The Bertz CT molecular complexity index is 1010. The molecule has 0 aliphatic carbocycles. The fourth-order valence-corrected chi connectivity index (χ4v) is 4.95. The average molecular weight is 424 g/mol. The zero-order chi connectivity index (χ0) is 21.3. The van der Waals surface area contributed by atoms with Gasteiger partial charge in [-0.05, 0) is 56.0 Å². The van der Waals surface area contributed by atoms with Crippen molar-refractivity contribution in [3.63, 3.8) is 0 Å². The number of aryl methyl sites for hydroxylation is 2. The van der Waals surface area contributed by atoms with E-state index in [0.717, 1.165) is 40.2 Å². The maximum atomic E-state index is 13.1. The van der Waals surface area contributed by atoms with Crippen LogP contribution in [0.15, 0.2) is 47.4 Å². The van der Waals surface area contributed by atoms with Crippen molar-refractivity contribution in [2.75, 3.05) is 23.7 Å². The van der Waals surface area contributed by atoms with Gasteiger partial charge in [-0.2, -0.15) is 0 Å². The van der Waals surface area contributed by atoms with Crippen molar-refractivity contribution in [1.82, 2.24) is 4.90 Å². The van der Waals surface area contributed by atoms with E-state index < -0.39 is 5.25 Å². The highest BCUT2D eigenvalue weighted by Gasteiger charge is 2.38. The average Bonchev–Trinajstić information content (AvgIpc) is 2.75. The molecule has 156 valence electrons. The summed E-state index contributed by atoms with van der Waals surface area (Å²) >= 11 is 1.28. The topological polar surface area (TPSA) is 78.5 Å². The fourth-order valence-electron chi connectivity index (χ4n) is 3.88. The van der Waals surface area contributed by atoms with Crippen LogP contribution in [0, 0.1) is 19.8 Å². The molecule has 0 radical (unpaired) electrons. The lowest BCUT2D eigenvalue weighted by Crippen LogP contribution is -2.50. The van der Waals surface area contributed by atoms with Crippen molar-refractivity contribution in [1.29, 1.82) is 0 Å². The van der Waals surface area contributed by atoms with Gasteiger partial charge in [-0.25, -0.2) is 0 Å². The summed E-state index contributed by atoms with van der Waals surface area (Å²) < 4.78 is 0. The van der Waals surface area contributed by atoms with Crippen molar-refractivity contribution in [2.24, 2.45) is 5.92 Å². The van der Waals surface area contributed by atoms with Crippen LogP contribution < -0.4 is 10.6 Å². The fraction of sp³-hybridized carbons (Fsp3) is 0.348. The molecule has 2 aromatic rings. The second kappa shape index (κ2) is 8.52. The van der Waals surface area contributed by atoms with Gasteiger partial charge >= 0.3 is 0 Å². The van der Waals surface area contributed by atoms with Crippen LogP contribution in [-0.2, 0) is 14.4 Å². The van der Waals surface area contributed by atoms with Gasteiger partial charge < -0.3 is 15.5 Å². The minimum Gasteiger partial charge on any atom is -0.340 e. The molecule has 0 unspecified atom stereocenters. The third-order valence-corrected chi connectivity index (χ3v) is 6.87. The Balaban J connectivity index is 1.43. The number of nitrogens with zero attached hydrogens (tertiary/aromatic N) is 1. The third-order valence-electron chi connectivity index (χ3n) is 5.61. The lowest BCUT2D eigenvalue weighted by Gasteiger charge is -2.35. The minimum atomic E-state index is -0.819. The lowest BCUT2D eigenvalue weighted by molar-refractivity contribution is -0.136. The monoisotopic (exact) mass is 423 g/mol. The van der Waals surface area contributed by atoms with Crippen LogP contribution in [0.2, 0.25) is 0 Å². The lowest BCUT2D eigenvalue weighted by atomic mass is 9.96. The number of fused-ring (bicyclic) bond motifs is 1. The van der Waals surface area contributed by atoms with E-state index in [0.29, 0.717) is 13.1 Å². The number of nitrogens with one attached hydrogen (secondary N) is 2. The van der Waals surface area contributed by atoms with Gasteiger partial charge in [-0.1, -0.05) is 24.3 Å². The van der Waals surface area contributed by atoms with E-state index in [1.807, 2.05) is 56.3 Å². The number of para-hydroxylation sites is 1. The Kier molecular flexibility index (Phi) is 5.81. The van der Waals surface area contributed by atoms with E-state index in [-0.39, 0.29) is 23.6 Å². The van der Waals surface area contributed by atoms with E-state index in [4.69, 9.17) is 0 Å². The predicted octanol–water partition coefficient (Wildman–Crippen LogP) is 3.59. The molecule has 0 aromatic heterocycles. The van der Waals surface area contributed by atoms with Crippen LogP contribution in [0.3, 0.4) is 0 Å². The molecule has 1 fully saturated rings. The van der Waals surface area contributed by atoms with Gasteiger partial charge in [0.25, 0.3) is 0 Å². The number of rotatable bonds is 3. The first-order valence-corrected chi connectivity index (χ1v) is 11.0. The molecule has 4 rings (SSSR count). The number of hydrogen-bond acceptors (Lipinski definition) is 4. The van der Waals surface area contributed by atoms with Gasteiger partial charge in [0, 0.05) is 23.7 Å². The van der Waals surface area contributed by atoms with Gasteiger partial charge in [0.15, 0.2) is 5.25 Å². The van der Waals surface area contributed by atoms with Crippen LogP contribution in [0.25, 0.3) is 0 Å². The Morgan fingerprint density at radius 1 is 1.17 bits per heavy atom. The van der Waals surface area contributed by atoms with Crippen LogP contribution in [-0.4, -0.2) is 41.0 Å². The number of anilines is 2. The molecule has 2 N–H and O–H groups in total. The summed E-state index contributed by atoms with van der Waals surface area (Å²) in [5, 5.41) is 5.02. The van der Waals surface area contributed by atoms with E-state index in [9.17, 15) is 14.4 Å². The molecular formula is C23H25N3O3S. The summed E-state index contributed by atoms with van der Waals surface area (Å²) in [7, 11) is 0. The van der Waals surface area contributed by atoms with Gasteiger partial charge in [-0.15, -0.1) is 11.8 Å². The molecular weight excluding hydrogens is 398 g/mol. The molecule has 0 spiro atoms. The first-order chi connectivity index (χ1) is 14.4. The molecule has 6 nitrogen and oxygen atoms in total. The molecule has 2 aliphatic rings. The Morgan fingerprint density at radius 2 is 1.97 bits per heavy atom. The Morgan fingerprint density at radius 3 is 2.80 bits per heavy atom. The molecule has 2 aromatic carbocycles. The van der Waals surface area contributed by atoms with Crippen LogP contribution >= 0.6 is 11.8 Å². The smallest absolute Gasteiger partial charge is 0.247 e. The maximum absolute atomic E-state index is 13.1. The van der Waals surface area contributed by atoms with Crippen molar-refractivity contribution in [3.05, 3.63) is 53.6 Å². The second-order valence-electron chi connectivity index (χ2n) is 7.91. The largest absolute Gasteiger partial charge is 0.340 e. The molecule has 0 saturated carbocycles. The normalized spacial score (nSPS) is 20.9. The number of carbonyl (C=O) groups is 3. The molecule has 7 heteroatoms. The summed E-state index contributed by atoms with van der Waals surface area (Å²) in [4.78, 5) is 41.0. The van der Waals surface area contributed by atoms with Gasteiger partial charge in [0.1, 0.15) is 0 Å². The Labute approximate surface area is 180 Å². The standard InChI is InChI=1S/C23H25N3O3S/c1-14-9-10-15(2)18(12-14)25-21(27)16-6-5-11-26(13-16)23(29)20-22(28)24-17-7-3-4-8-19(17)30-20/h3-4,7-10,12,16,20H,5-6,11,13H2,1-2H3,(H,24,28)(H,25,27)/t16-,20+/m0/s1. The van der Waals surface area contributed by atoms with Crippen molar-refractivity contribution < 1.29 is 14.4 Å². The quantitative estimate of drug-likeness (QED) is 0.740. The number of carbonyl (C=O) groups excluding carboxylic acids is 3. The van der Waals surface area contributed by atoms with E-state index >= 15 is 0 Å². The molecule has 30 heavy (non-hydrogen) atoms. The van der Waals surface area contributed by atoms with Crippen LogP contribution in [0.1, 0.15) is 24.0 Å². The van der Waals surface area contributed by atoms with Crippen molar-refractivity contribution in [3.8, 4) is 0 Å². The SMILES string of the molecule is Cc1ccc(C)c(NC(=O)[C@H]2CCCN(C(=O)[C@@H]3Sc4ccccc4NC3=O)C2)c1. The zero-order valence-corrected chi connectivity index (χ0v) is 17.9. The zero-order valence-electron chi connectivity index (χ0n) is 17.1. The third kappa shape index (κ3) is 4.21. The number of thioether (sulfide) groups is 1. The minimum absolute atomic E-state index is 0.0766. The van der Waals surface area contributed by atoms with E-state index in [2.05, 4.69) is 10.6 Å². The highest BCUT2D eigenvalue weighted by atomic mass is 32.2. The number of piperidine rings is 1. The number of hydrogen-bond donors (Lipinski definition) is 2. The van der Waals surface area contributed by atoms with Gasteiger partial charge in [0.2, 0.25) is 17.7 Å². The van der Waals surface area contributed by atoms with Crippen molar-refractivity contribution in [2.45, 2.75) is 36.8 Å². The summed E-state index contributed by atoms with van der Waals surface area (Å²) in [5.74, 6) is -0.888. The molecule has 2 heterocycles. The number of benzene rings is 2. The van der Waals surface area contributed by atoms with Gasteiger partial charge in [0.05, 0.1) is 11.6 Å². The van der Waals surface area contributed by atoms with E-state index in [1.165, 1.54) is 11.8 Å². The van der Waals surface area contributed by atoms with Crippen LogP contribution in [0.4, 0.5) is 11.4 Å². The Hall–Kier alpha value is -2.80. The number of amides is 3. The maximum Gasteiger partial charge on any atom is 0.247 e. The van der Waals surface area contributed by atoms with Crippen LogP contribution in [0.5, 0.6) is 0 Å². The predicted molar refractivity (Wildman–Crippen MR) is 119 cm³/mol. The molecule has 1 saturated heterocycles. The molecule has 2 aliphatic heterocycles. The highest BCUT2D eigenvalue weighted by Crippen LogP contribution is 2.36. The summed E-state index contributed by atoms with van der Waals surface area (Å²) in [6.07, 6.45) is 1.47. The highest BCUT2D eigenvalue weighted by molar-refractivity contribution is 8.01. The molecule has 3 amide bonds. The summed E-state index contributed by atoms with van der Waals surface area (Å²) in [6, 6.07) is 13.4. The van der Waals surface area contributed by atoms with Gasteiger partial charge in [-0.3, -0.25) is 14.4 Å².